The summed E-state index contributed by atoms with van der Waals surface area (Å²) >= 11 is 15.7. The third kappa shape index (κ3) is 8.20. The molecule has 5 nitrogen and oxygen atoms in total. The second-order valence-electron chi connectivity index (χ2n) is 8.84. The van der Waals surface area contributed by atoms with Crippen LogP contribution in [0.25, 0.3) is 0 Å². The summed E-state index contributed by atoms with van der Waals surface area (Å²) in [7, 11) is 0. The van der Waals surface area contributed by atoms with E-state index in [4.69, 9.17) is 27.9 Å². The van der Waals surface area contributed by atoms with Crippen LogP contribution in [0.1, 0.15) is 52.2 Å². The van der Waals surface area contributed by atoms with E-state index >= 15 is 0 Å². The Morgan fingerprint density at radius 2 is 1.73 bits per heavy atom. The highest BCUT2D eigenvalue weighted by Crippen LogP contribution is 2.27. The average Bonchev–Trinajstić information content (AvgIpc) is 2.73. The van der Waals surface area contributed by atoms with E-state index in [0.29, 0.717) is 22.2 Å². The number of ether oxygens (including phenoxy) is 1. The van der Waals surface area contributed by atoms with Crippen molar-refractivity contribution in [2.45, 2.75) is 65.6 Å². The Morgan fingerprint density at radius 1 is 1.06 bits per heavy atom. The van der Waals surface area contributed by atoms with Crippen LogP contribution < -0.4 is 10.1 Å². The molecule has 1 unspecified atom stereocenters. The Labute approximate surface area is 214 Å². The van der Waals surface area contributed by atoms with Gasteiger partial charge in [-0.15, -0.1) is 0 Å². The molecule has 0 fully saturated rings. The molecule has 33 heavy (non-hydrogen) atoms. The number of carbonyl (C=O) groups is 2. The molecule has 2 aromatic carbocycles. The summed E-state index contributed by atoms with van der Waals surface area (Å²) in [4.78, 5) is 27.9. The molecule has 0 bridgehead atoms. The maximum absolute atomic E-state index is 13.3. The van der Waals surface area contributed by atoms with Gasteiger partial charge in [0.05, 0.1) is 14.5 Å². The predicted octanol–water partition coefficient (Wildman–Crippen LogP) is 6.42. The van der Waals surface area contributed by atoms with Crippen molar-refractivity contribution < 1.29 is 14.3 Å². The van der Waals surface area contributed by atoms with Crippen LogP contribution in [0.5, 0.6) is 5.75 Å². The van der Waals surface area contributed by atoms with Crippen molar-refractivity contribution in [1.29, 1.82) is 0 Å². The van der Waals surface area contributed by atoms with Crippen molar-refractivity contribution in [3.8, 4) is 5.75 Å². The van der Waals surface area contributed by atoms with E-state index < -0.39 is 11.6 Å². The third-order valence-electron chi connectivity index (χ3n) is 4.98. The fraction of sp³-hybridized carbons (Fsp3) is 0.440. The van der Waals surface area contributed by atoms with Crippen LogP contribution in [0.3, 0.4) is 0 Å². The van der Waals surface area contributed by atoms with E-state index in [9.17, 15) is 9.59 Å². The lowest BCUT2D eigenvalue weighted by molar-refractivity contribution is -0.143. The molecular formula is C25H31BrCl2N2O3. The number of hydrogen-bond donors (Lipinski definition) is 1. The normalized spacial score (nSPS) is 12.2. The van der Waals surface area contributed by atoms with Gasteiger partial charge in [-0.3, -0.25) is 9.59 Å². The van der Waals surface area contributed by atoms with Gasteiger partial charge in [-0.2, -0.15) is 0 Å². The van der Waals surface area contributed by atoms with E-state index in [-0.39, 0.29) is 25.0 Å². The molecule has 1 atom stereocenters. The third-order valence-corrected chi connectivity index (χ3v) is 6.34. The van der Waals surface area contributed by atoms with Crippen molar-refractivity contribution in [1.82, 2.24) is 10.2 Å². The largest absolute Gasteiger partial charge is 0.483 e. The Morgan fingerprint density at radius 3 is 2.27 bits per heavy atom. The first-order valence-electron chi connectivity index (χ1n) is 10.9. The molecule has 1 N–H and O–H groups in total. The molecule has 0 radical (unpaired) electrons. The first kappa shape index (κ1) is 27.5. The lowest BCUT2D eigenvalue weighted by Crippen LogP contribution is -2.54. The Hall–Kier alpha value is -1.76. The molecule has 2 rings (SSSR count). The molecule has 0 saturated heterocycles. The van der Waals surface area contributed by atoms with Gasteiger partial charge in [-0.1, -0.05) is 49.2 Å². The van der Waals surface area contributed by atoms with Crippen molar-refractivity contribution >= 4 is 50.9 Å². The molecule has 0 aliphatic carbocycles. The van der Waals surface area contributed by atoms with E-state index in [0.717, 1.165) is 22.0 Å². The number of amides is 2. The SMILES string of the molecule is CCc1ccc(OCC(=O)N(Cc2ccc(Cl)c(Cl)c2)C(CC)C(=O)NC(C)(C)C)c(Br)c1. The van der Waals surface area contributed by atoms with Crippen molar-refractivity contribution in [3.05, 3.63) is 62.0 Å². The first-order valence-corrected chi connectivity index (χ1v) is 12.5. The molecule has 0 aliphatic heterocycles. The standard InChI is InChI=1S/C25H31BrCl2N2O3/c1-6-16-9-11-22(18(26)12-16)33-15-23(31)30(14-17-8-10-19(27)20(28)13-17)21(7-2)24(32)29-25(3,4)5/h8-13,21H,6-7,14-15H2,1-5H3,(H,29,32). The Bertz CT molecular complexity index is 992. The number of aryl methyl sites for hydroxylation is 1. The number of benzene rings is 2. The van der Waals surface area contributed by atoms with E-state index in [1.807, 2.05) is 45.9 Å². The molecule has 0 spiro atoms. The van der Waals surface area contributed by atoms with Crippen molar-refractivity contribution in [2.24, 2.45) is 0 Å². The van der Waals surface area contributed by atoms with Gasteiger partial charge in [-0.05, 0) is 84.9 Å². The molecule has 0 heterocycles. The van der Waals surface area contributed by atoms with E-state index in [2.05, 4.69) is 28.2 Å². The predicted molar refractivity (Wildman–Crippen MR) is 138 cm³/mol. The van der Waals surface area contributed by atoms with E-state index in [1.165, 1.54) is 4.90 Å². The van der Waals surface area contributed by atoms with Crippen LogP contribution >= 0.6 is 39.1 Å². The fourth-order valence-electron chi connectivity index (χ4n) is 3.31. The second-order valence-corrected chi connectivity index (χ2v) is 10.5. The number of nitrogens with one attached hydrogen (secondary N) is 1. The number of carbonyl (C=O) groups excluding carboxylic acids is 2. The molecule has 0 aromatic heterocycles. The van der Waals surface area contributed by atoms with Gasteiger partial charge in [0, 0.05) is 12.1 Å². The lowest BCUT2D eigenvalue weighted by atomic mass is 10.1. The smallest absolute Gasteiger partial charge is 0.261 e. The summed E-state index contributed by atoms with van der Waals surface area (Å²) in [5.41, 5.74) is 1.51. The summed E-state index contributed by atoms with van der Waals surface area (Å²) in [6.45, 7) is 9.66. The Balaban J connectivity index is 2.28. The Kier molecular flexibility index (Phi) is 10.1. The van der Waals surface area contributed by atoms with Crippen LogP contribution in [-0.2, 0) is 22.6 Å². The summed E-state index contributed by atoms with van der Waals surface area (Å²) in [6, 6.07) is 10.3. The molecule has 8 heteroatoms. The van der Waals surface area contributed by atoms with Crippen molar-refractivity contribution in [2.75, 3.05) is 6.61 Å². The minimum absolute atomic E-state index is 0.199. The number of nitrogens with zero attached hydrogens (tertiary/aromatic N) is 1. The monoisotopic (exact) mass is 556 g/mol. The molecule has 2 amide bonds. The van der Waals surface area contributed by atoms with Crippen LogP contribution in [0.15, 0.2) is 40.9 Å². The van der Waals surface area contributed by atoms with Crippen molar-refractivity contribution in [3.63, 3.8) is 0 Å². The summed E-state index contributed by atoms with van der Waals surface area (Å²) < 4.78 is 6.60. The van der Waals surface area contributed by atoms with Crippen LogP contribution in [0, 0.1) is 0 Å². The van der Waals surface area contributed by atoms with Gasteiger partial charge >= 0.3 is 0 Å². The molecule has 0 saturated carbocycles. The quantitative estimate of drug-likeness (QED) is 0.387. The number of halogens is 3. The lowest BCUT2D eigenvalue weighted by Gasteiger charge is -2.33. The topological polar surface area (TPSA) is 58.6 Å². The number of hydrogen-bond acceptors (Lipinski definition) is 3. The van der Waals surface area contributed by atoms with Crippen LogP contribution in [0.2, 0.25) is 10.0 Å². The van der Waals surface area contributed by atoms with Gasteiger partial charge in [0.15, 0.2) is 6.61 Å². The van der Waals surface area contributed by atoms with Gasteiger partial charge < -0.3 is 15.0 Å². The fourth-order valence-corrected chi connectivity index (χ4v) is 4.17. The zero-order chi connectivity index (χ0) is 24.8. The molecule has 180 valence electrons. The second kappa shape index (κ2) is 12.1. The molecular weight excluding hydrogens is 527 g/mol. The minimum atomic E-state index is -0.666. The zero-order valence-electron chi connectivity index (χ0n) is 19.7. The van der Waals surface area contributed by atoms with Gasteiger partial charge in [0.1, 0.15) is 11.8 Å². The van der Waals surface area contributed by atoms with Crippen LogP contribution in [-0.4, -0.2) is 34.9 Å². The van der Waals surface area contributed by atoms with Gasteiger partial charge in [0.25, 0.3) is 5.91 Å². The van der Waals surface area contributed by atoms with Gasteiger partial charge in [-0.25, -0.2) is 0 Å². The zero-order valence-corrected chi connectivity index (χ0v) is 22.8. The van der Waals surface area contributed by atoms with Crippen LogP contribution in [0.4, 0.5) is 0 Å². The highest BCUT2D eigenvalue weighted by Gasteiger charge is 2.31. The molecule has 0 aliphatic rings. The summed E-state index contributed by atoms with van der Waals surface area (Å²) in [5.74, 6) is 0.0533. The maximum Gasteiger partial charge on any atom is 0.261 e. The van der Waals surface area contributed by atoms with E-state index in [1.54, 1.807) is 18.2 Å². The first-order chi connectivity index (χ1) is 15.4. The van der Waals surface area contributed by atoms with Gasteiger partial charge in [0.2, 0.25) is 5.91 Å². The maximum atomic E-state index is 13.3. The summed E-state index contributed by atoms with van der Waals surface area (Å²) in [6.07, 6.45) is 1.35. The minimum Gasteiger partial charge on any atom is -0.483 e. The highest BCUT2D eigenvalue weighted by molar-refractivity contribution is 9.10. The number of rotatable bonds is 9. The average molecular weight is 558 g/mol. The summed E-state index contributed by atoms with van der Waals surface area (Å²) in [5, 5.41) is 3.80. The highest BCUT2D eigenvalue weighted by atomic mass is 79.9. The molecule has 2 aromatic rings.